The predicted octanol–water partition coefficient (Wildman–Crippen LogP) is 11.3. The first-order valence-corrected chi connectivity index (χ1v) is 14.6. The lowest BCUT2D eigenvalue weighted by atomic mass is 9.89. The Bertz CT molecular complexity index is 1850. The van der Waals surface area contributed by atoms with Crippen LogP contribution in [0.25, 0.3) is 66.8 Å². The molecule has 7 aromatic rings. The Hall–Kier alpha value is -5.66. The fourth-order valence-corrected chi connectivity index (χ4v) is 5.73. The van der Waals surface area contributed by atoms with E-state index in [1.807, 2.05) is 18.2 Å². The minimum absolute atomic E-state index is 0.782. The third kappa shape index (κ3) is 5.49. The highest BCUT2D eigenvalue weighted by atomic mass is 14.6. The minimum Gasteiger partial charge on any atom is -0.398 e. The molecule has 0 unspecified atom stereocenters. The topological polar surface area (TPSA) is 26.0 Å². The second kappa shape index (κ2) is 11.7. The smallest absolute Gasteiger partial charge is 0.0473 e. The van der Waals surface area contributed by atoms with Gasteiger partial charge in [-0.3, -0.25) is 0 Å². The highest BCUT2D eigenvalue weighted by Gasteiger charge is 2.14. The predicted molar refractivity (Wildman–Crippen MR) is 183 cm³/mol. The lowest BCUT2D eigenvalue weighted by Crippen LogP contribution is -1.96. The quantitative estimate of drug-likeness (QED) is 0.205. The van der Waals surface area contributed by atoms with Crippen molar-refractivity contribution in [2.24, 2.45) is 0 Å². The number of hydrogen-bond donors (Lipinski definition) is 1. The van der Waals surface area contributed by atoms with E-state index in [1.54, 1.807) is 0 Å². The molecule has 0 fully saturated rings. The highest BCUT2D eigenvalue weighted by Crippen LogP contribution is 2.40. The van der Waals surface area contributed by atoms with E-state index >= 15 is 0 Å². The molecule has 0 aromatic heterocycles. The van der Waals surface area contributed by atoms with Gasteiger partial charge in [0.15, 0.2) is 0 Å². The summed E-state index contributed by atoms with van der Waals surface area (Å²) in [5, 5.41) is 0. The van der Waals surface area contributed by atoms with Crippen LogP contribution in [0.4, 0.5) is 5.69 Å². The van der Waals surface area contributed by atoms with Crippen molar-refractivity contribution in [3.05, 3.63) is 176 Å². The van der Waals surface area contributed by atoms with Crippen LogP contribution in [0.5, 0.6) is 0 Å². The molecule has 0 spiro atoms. The third-order valence-corrected chi connectivity index (χ3v) is 8.11. The van der Waals surface area contributed by atoms with Gasteiger partial charge in [0.2, 0.25) is 0 Å². The molecule has 0 saturated carbocycles. The molecule has 0 aliphatic rings. The third-order valence-electron chi connectivity index (χ3n) is 8.11. The molecule has 0 atom stereocenters. The van der Waals surface area contributed by atoms with Crippen LogP contribution in [-0.4, -0.2) is 0 Å². The lowest BCUT2D eigenvalue weighted by molar-refractivity contribution is 1.54. The first-order chi connectivity index (χ1) is 21.2. The van der Waals surface area contributed by atoms with Crippen molar-refractivity contribution in [3.8, 4) is 66.8 Å². The maximum Gasteiger partial charge on any atom is 0.0473 e. The summed E-state index contributed by atoms with van der Waals surface area (Å²) in [5.41, 5.74) is 21.5. The average molecular weight is 550 g/mol. The van der Waals surface area contributed by atoms with Crippen molar-refractivity contribution in [1.82, 2.24) is 0 Å². The van der Waals surface area contributed by atoms with Crippen molar-refractivity contribution >= 4 is 5.69 Å². The average Bonchev–Trinajstić information content (AvgIpc) is 3.10. The van der Waals surface area contributed by atoms with E-state index in [2.05, 4.69) is 158 Å². The van der Waals surface area contributed by atoms with E-state index in [9.17, 15) is 0 Å². The Morgan fingerprint density at radius 1 is 0.233 bits per heavy atom. The van der Waals surface area contributed by atoms with E-state index in [1.165, 1.54) is 33.4 Å². The van der Waals surface area contributed by atoms with Gasteiger partial charge >= 0.3 is 0 Å². The van der Waals surface area contributed by atoms with Gasteiger partial charge in [-0.05, 0) is 67.8 Å². The van der Waals surface area contributed by atoms with Crippen molar-refractivity contribution in [2.45, 2.75) is 0 Å². The van der Waals surface area contributed by atoms with Crippen molar-refractivity contribution < 1.29 is 0 Å². The highest BCUT2D eigenvalue weighted by molar-refractivity contribution is 5.94. The van der Waals surface area contributed by atoms with Crippen LogP contribution in [0.2, 0.25) is 0 Å². The molecule has 7 aromatic carbocycles. The van der Waals surface area contributed by atoms with Crippen LogP contribution in [0.1, 0.15) is 0 Å². The van der Waals surface area contributed by atoms with Gasteiger partial charge in [0.05, 0.1) is 0 Å². The summed E-state index contributed by atoms with van der Waals surface area (Å²) in [5.74, 6) is 0. The van der Waals surface area contributed by atoms with Crippen LogP contribution in [0, 0.1) is 0 Å². The molecule has 0 amide bonds. The monoisotopic (exact) mass is 549 g/mol. The van der Waals surface area contributed by atoms with Crippen LogP contribution >= 0.6 is 0 Å². The SMILES string of the molecule is Nc1c(-c2ccc(-c3ccccc3)cc2)cc(-c2ccc(-c3ccccc3)cc2)cc1-c1ccc(-c2ccccc2)cc1. The number of nitrogen functional groups attached to an aromatic ring is 1. The number of benzene rings is 7. The molecule has 1 heteroatoms. The maximum absolute atomic E-state index is 6.99. The Morgan fingerprint density at radius 2 is 0.465 bits per heavy atom. The standard InChI is InChI=1S/C42H31N/c43-42-40(37-24-20-34(21-25-37)31-12-6-2-7-13-31)28-39(36-18-16-33(17-19-36)30-10-4-1-5-11-30)29-41(42)38-26-22-35(23-27-38)32-14-8-3-9-15-32/h1-29H,43H2. The molecule has 43 heavy (non-hydrogen) atoms. The molecular formula is C42H31N. The first-order valence-electron chi connectivity index (χ1n) is 14.6. The van der Waals surface area contributed by atoms with Crippen molar-refractivity contribution in [2.75, 3.05) is 5.73 Å². The van der Waals surface area contributed by atoms with E-state index < -0.39 is 0 Å². The molecule has 0 aliphatic carbocycles. The largest absolute Gasteiger partial charge is 0.398 e. The van der Waals surface area contributed by atoms with E-state index in [-0.39, 0.29) is 0 Å². The Labute approximate surface area is 253 Å². The van der Waals surface area contributed by atoms with Crippen LogP contribution in [0.3, 0.4) is 0 Å². The molecule has 7 rings (SSSR count). The fourth-order valence-electron chi connectivity index (χ4n) is 5.73. The van der Waals surface area contributed by atoms with Gasteiger partial charge in [-0.2, -0.15) is 0 Å². The molecule has 204 valence electrons. The second-order valence-corrected chi connectivity index (χ2v) is 10.8. The molecule has 0 heterocycles. The maximum atomic E-state index is 6.99. The van der Waals surface area contributed by atoms with E-state index in [0.29, 0.717) is 0 Å². The molecule has 2 N–H and O–H groups in total. The summed E-state index contributed by atoms with van der Waals surface area (Å²) >= 11 is 0. The lowest BCUT2D eigenvalue weighted by Gasteiger charge is -2.16. The normalized spacial score (nSPS) is 10.9. The van der Waals surface area contributed by atoms with Crippen molar-refractivity contribution in [3.63, 3.8) is 0 Å². The zero-order valence-electron chi connectivity index (χ0n) is 23.8. The van der Waals surface area contributed by atoms with E-state index in [4.69, 9.17) is 5.73 Å². The minimum atomic E-state index is 0.782. The summed E-state index contributed by atoms with van der Waals surface area (Å²) in [4.78, 5) is 0. The number of anilines is 1. The molecular weight excluding hydrogens is 518 g/mol. The van der Waals surface area contributed by atoms with Gasteiger partial charge in [-0.15, -0.1) is 0 Å². The van der Waals surface area contributed by atoms with Crippen LogP contribution in [-0.2, 0) is 0 Å². The van der Waals surface area contributed by atoms with E-state index in [0.717, 1.165) is 39.1 Å². The number of hydrogen-bond acceptors (Lipinski definition) is 1. The summed E-state index contributed by atoms with van der Waals surface area (Å²) in [6, 6.07) is 62.1. The summed E-state index contributed by atoms with van der Waals surface area (Å²) in [7, 11) is 0. The Balaban J connectivity index is 1.32. The van der Waals surface area contributed by atoms with Gasteiger partial charge < -0.3 is 5.73 Å². The van der Waals surface area contributed by atoms with Gasteiger partial charge in [0, 0.05) is 16.8 Å². The molecule has 0 saturated heterocycles. The first kappa shape index (κ1) is 26.3. The van der Waals surface area contributed by atoms with Crippen molar-refractivity contribution in [1.29, 1.82) is 0 Å². The van der Waals surface area contributed by atoms with Gasteiger partial charge in [-0.1, -0.05) is 164 Å². The summed E-state index contributed by atoms with van der Waals surface area (Å²) in [6.07, 6.45) is 0. The number of rotatable bonds is 6. The molecule has 0 radical (unpaired) electrons. The molecule has 0 bridgehead atoms. The Kier molecular flexibility index (Phi) is 7.13. The van der Waals surface area contributed by atoms with Gasteiger partial charge in [0.1, 0.15) is 0 Å². The number of nitrogens with two attached hydrogens (primary N) is 1. The fraction of sp³-hybridized carbons (Fsp3) is 0. The zero-order valence-corrected chi connectivity index (χ0v) is 23.8. The molecule has 1 nitrogen and oxygen atoms in total. The van der Waals surface area contributed by atoms with Crippen LogP contribution < -0.4 is 5.73 Å². The second-order valence-electron chi connectivity index (χ2n) is 10.8. The summed E-state index contributed by atoms with van der Waals surface area (Å²) in [6.45, 7) is 0. The Morgan fingerprint density at radius 3 is 0.767 bits per heavy atom. The van der Waals surface area contributed by atoms with Gasteiger partial charge in [-0.25, -0.2) is 0 Å². The molecule has 0 aliphatic heterocycles. The van der Waals surface area contributed by atoms with Crippen LogP contribution in [0.15, 0.2) is 176 Å². The van der Waals surface area contributed by atoms with Gasteiger partial charge in [0.25, 0.3) is 0 Å². The summed E-state index contributed by atoms with van der Waals surface area (Å²) < 4.78 is 0. The zero-order chi connectivity index (χ0) is 29.0.